The van der Waals surface area contributed by atoms with Crippen LogP contribution in [0.15, 0.2) is 36.6 Å². The number of rotatable bonds is 5. The van der Waals surface area contributed by atoms with Crippen molar-refractivity contribution in [2.24, 2.45) is 0 Å². The average Bonchev–Trinajstić information content (AvgIpc) is 2.25. The van der Waals surface area contributed by atoms with Crippen molar-refractivity contribution in [1.82, 2.24) is 10.3 Å². The second kappa shape index (κ2) is 5.58. The largest absolute Gasteiger partial charge is 0.478 e. The number of nitrogens with one attached hydrogen (secondary N) is 1. The topological polar surface area (TPSA) is 77.3 Å². The van der Waals surface area contributed by atoms with Gasteiger partial charge < -0.3 is 10.1 Å². The van der Waals surface area contributed by atoms with E-state index in [2.05, 4.69) is 10.3 Å². The molecule has 1 rings (SSSR count). The van der Waals surface area contributed by atoms with Gasteiger partial charge in [0.15, 0.2) is 0 Å². The number of ether oxygens (including phenoxy) is 1. The molecule has 0 unspecified atom stereocenters. The Morgan fingerprint density at radius 1 is 1.80 bits per heavy atom. The van der Waals surface area contributed by atoms with E-state index in [4.69, 9.17) is 4.74 Å². The molecular formula is C9H11N3O3. The first kappa shape index (κ1) is 11.0. The van der Waals surface area contributed by atoms with E-state index in [1.165, 1.54) is 7.11 Å². The molecule has 0 spiro atoms. The van der Waals surface area contributed by atoms with E-state index in [9.17, 15) is 10.1 Å². The van der Waals surface area contributed by atoms with Gasteiger partial charge in [-0.3, -0.25) is 15.1 Å². The first-order valence-electron chi connectivity index (χ1n) is 4.24. The molecule has 0 atom stereocenters. The van der Waals surface area contributed by atoms with Crippen LogP contribution in [-0.4, -0.2) is 17.0 Å². The van der Waals surface area contributed by atoms with Crippen LogP contribution in [0, 0.1) is 10.1 Å². The van der Waals surface area contributed by atoms with Crippen LogP contribution in [0.4, 0.5) is 0 Å². The van der Waals surface area contributed by atoms with E-state index in [0.717, 1.165) is 11.8 Å². The van der Waals surface area contributed by atoms with Crippen molar-refractivity contribution in [2.45, 2.75) is 6.54 Å². The van der Waals surface area contributed by atoms with E-state index in [-0.39, 0.29) is 5.88 Å². The summed E-state index contributed by atoms with van der Waals surface area (Å²) in [5.41, 5.74) is 0.920. The highest BCUT2D eigenvalue weighted by Gasteiger charge is 2.01. The lowest BCUT2D eigenvalue weighted by atomic mass is 10.3. The van der Waals surface area contributed by atoms with E-state index >= 15 is 0 Å². The summed E-state index contributed by atoms with van der Waals surface area (Å²) in [6.45, 7) is 0.432. The molecule has 1 aromatic rings. The molecule has 15 heavy (non-hydrogen) atoms. The molecule has 0 saturated carbocycles. The van der Waals surface area contributed by atoms with Crippen molar-refractivity contribution in [3.8, 4) is 0 Å². The van der Waals surface area contributed by atoms with Crippen molar-refractivity contribution in [2.75, 3.05) is 7.11 Å². The number of nitrogens with zero attached hydrogens (tertiary/aromatic N) is 2. The number of hydrogen-bond acceptors (Lipinski definition) is 5. The Morgan fingerprint density at radius 3 is 3.13 bits per heavy atom. The van der Waals surface area contributed by atoms with Crippen LogP contribution in [0.3, 0.4) is 0 Å². The van der Waals surface area contributed by atoms with Crippen LogP contribution >= 0.6 is 0 Å². The van der Waals surface area contributed by atoms with Crippen LogP contribution in [-0.2, 0) is 11.3 Å². The summed E-state index contributed by atoms with van der Waals surface area (Å²) < 4.78 is 4.77. The molecule has 0 aliphatic heterocycles. The minimum atomic E-state index is -0.574. The van der Waals surface area contributed by atoms with E-state index in [1.807, 2.05) is 6.07 Å². The monoisotopic (exact) mass is 209 g/mol. The highest BCUT2D eigenvalue weighted by Crippen LogP contribution is 1.97. The maximum absolute atomic E-state index is 10.2. The Labute approximate surface area is 86.7 Å². The molecule has 0 saturated heterocycles. The van der Waals surface area contributed by atoms with Crippen molar-refractivity contribution in [3.63, 3.8) is 0 Å². The molecule has 0 amide bonds. The minimum absolute atomic E-state index is 0.115. The van der Waals surface area contributed by atoms with Gasteiger partial charge in [-0.15, -0.1) is 0 Å². The Bertz CT molecular complexity index is 351. The molecule has 6 nitrogen and oxygen atoms in total. The van der Waals surface area contributed by atoms with Gasteiger partial charge in [0, 0.05) is 18.9 Å². The first-order chi connectivity index (χ1) is 7.22. The van der Waals surface area contributed by atoms with Gasteiger partial charge >= 0.3 is 0 Å². The molecule has 6 heteroatoms. The van der Waals surface area contributed by atoms with Crippen LogP contribution < -0.4 is 5.32 Å². The zero-order chi connectivity index (χ0) is 11.1. The quantitative estimate of drug-likeness (QED) is 0.442. The van der Waals surface area contributed by atoms with Gasteiger partial charge in [0.25, 0.3) is 12.1 Å². The second-order valence-electron chi connectivity index (χ2n) is 2.70. The average molecular weight is 209 g/mol. The number of methoxy groups -OCH3 is 1. The predicted molar refractivity (Wildman–Crippen MR) is 53.2 cm³/mol. The Morgan fingerprint density at radius 2 is 2.60 bits per heavy atom. The lowest BCUT2D eigenvalue weighted by molar-refractivity contribution is -0.405. The van der Waals surface area contributed by atoms with Gasteiger partial charge in [0.2, 0.25) is 0 Å². The summed E-state index contributed by atoms with van der Waals surface area (Å²) in [7, 11) is 1.37. The summed E-state index contributed by atoms with van der Waals surface area (Å²) in [6, 6.07) is 3.65. The van der Waals surface area contributed by atoms with E-state index < -0.39 is 4.92 Å². The number of pyridine rings is 1. The van der Waals surface area contributed by atoms with Gasteiger partial charge in [-0.2, -0.15) is 0 Å². The van der Waals surface area contributed by atoms with Gasteiger partial charge in [-0.1, -0.05) is 6.07 Å². The molecule has 1 aromatic heterocycles. The summed E-state index contributed by atoms with van der Waals surface area (Å²) in [5.74, 6) is 0.115. The van der Waals surface area contributed by atoms with E-state index in [0.29, 0.717) is 6.54 Å². The first-order valence-corrected chi connectivity index (χ1v) is 4.24. The Balaban J connectivity index is 2.52. The molecule has 0 aliphatic rings. The number of nitro groups is 1. The lowest BCUT2D eigenvalue weighted by Gasteiger charge is -2.06. The zero-order valence-electron chi connectivity index (χ0n) is 8.21. The number of aromatic nitrogens is 1. The minimum Gasteiger partial charge on any atom is -0.478 e. The van der Waals surface area contributed by atoms with E-state index in [1.54, 1.807) is 18.5 Å². The third-order valence-electron chi connectivity index (χ3n) is 1.63. The Hall–Kier alpha value is -2.11. The fourth-order valence-electron chi connectivity index (χ4n) is 0.958. The fraction of sp³-hybridized carbons (Fsp3) is 0.222. The lowest BCUT2D eigenvalue weighted by Crippen LogP contribution is -2.15. The van der Waals surface area contributed by atoms with Crippen LogP contribution in [0.5, 0.6) is 0 Å². The third-order valence-corrected chi connectivity index (χ3v) is 1.63. The van der Waals surface area contributed by atoms with Crippen LogP contribution in [0.25, 0.3) is 0 Å². The molecule has 0 fully saturated rings. The summed E-state index contributed by atoms with van der Waals surface area (Å²) in [6.07, 6.45) is 4.11. The van der Waals surface area contributed by atoms with Gasteiger partial charge in [0.1, 0.15) is 0 Å². The Kier molecular flexibility index (Phi) is 4.08. The molecule has 80 valence electrons. The fourth-order valence-corrected chi connectivity index (χ4v) is 0.958. The predicted octanol–water partition coefficient (Wildman–Crippen LogP) is 0.893. The molecule has 0 aliphatic carbocycles. The normalized spacial score (nSPS) is 10.9. The van der Waals surface area contributed by atoms with Crippen molar-refractivity contribution >= 4 is 0 Å². The summed E-state index contributed by atoms with van der Waals surface area (Å²) in [4.78, 5) is 13.5. The molecule has 0 aromatic carbocycles. The van der Waals surface area contributed by atoms with Gasteiger partial charge in [-0.05, 0) is 11.6 Å². The highest BCUT2D eigenvalue weighted by atomic mass is 16.6. The maximum atomic E-state index is 10.2. The van der Waals surface area contributed by atoms with Crippen LogP contribution in [0.1, 0.15) is 5.56 Å². The summed E-state index contributed by atoms with van der Waals surface area (Å²) in [5, 5.41) is 13.0. The van der Waals surface area contributed by atoms with Crippen molar-refractivity contribution in [3.05, 3.63) is 52.3 Å². The highest BCUT2D eigenvalue weighted by molar-refractivity contribution is 5.08. The molecule has 0 radical (unpaired) electrons. The van der Waals surface area contributed by atoms with Gasteiger partial charge in [-0.25, -0.2) is 0 Å². The molecule has 0 bridgehead atoms. The second-order valence-corrected chi connectivity index (χ2v) is 2.70. The summed E-state index contributed by atoms with van der Waals surface area (Å²) >= 11 is 0. The molecular weight excluding hydrogens is 198 g/mol. The molecule has 1 heterocycles. The standard InChI is InChI=1S/C9H11N3O3/c1-15-9(7-12(13)14)11-6-8-3-2-4-10-5-8/h2-5,7,11H,6H2,1H3. The SMILES string of the molecule is COC(=C[N+](=O)[O-])NCc1cccnc1. The zero-order valence-corrected chi connectivity index (χ0v) is 8.21. The van der Waals surface area contributed by atoms with Gasteiger partial charge in [0.05, 0.1) is 12.0 Å². The third kappa shape index (κ3) is 4.08. The molecule has 1 N–H and O–H groups in total. The van der Waals surface area contributed by atoms with Crippen molar-refractivity contribution < 1.29 is 9.66 Å². The van der Waals surface area contributed by atoms with Crippen LogP contribution in [0.2, 0.25) is 0 Å². The number of hydrogen-bond donors (Lipinski definition) is 1. The van der Waals surface area contributed by atoms with Crippen molar-refractivity contribution in [1.29, 1.82) is 0 Å². The smallest absolute Gasteiger partial charge is 0.293 e. The maximum Gasteiger partial charge on any atom is 0.293 e.